The number of anilines is 1. The first-order valence-electron chi connectivity index (χ1n) is 8.42. The van der Waals surface area contributed by atoms with E-state index in [9.17, 15) is 13.8 Å². The summed E-state index contributed by atoms with van der Waals surface area (Å²) in [7, 11) is -1.32. The van der Waals surface area contributed by atoms with Gasteiger partial charge in [0, 0.05) is 11.9 Å². The summed E-state index contributed by atoms with van der Waals surface area (Å²) in [4.78, 5) is 24.8. The van der Waals surface area contributed by atoms with Gasteiger partial charge in [0.15, 0.2) is 6.61 Å². The van der Waals surface area contributed by atoms with Gasteiger partial charge in [0.2, 0.25) is 0 Å². The minimum Gasteiger partial charge on any atom is -0.452 e. The first-order valence-corrected chi connectivity index (χ1v) is 9.98. The number of rotatable bonds is 7. The molecule has 2 aromatic carbocycles. The predicted octanol–water partition coefficient (Wildman–Crippen LogP) is 3.73. The second-order valence-corrected chi connectivity index (χ2v) is 7.32. The average Bonchev–Trinajstić information content (AvgIpc) is 2.65. The van der Waals surface area contributed by atoms with Crippen LogP contribution in [0.1, 0.15) is 42.1 Å². The van der Waals surface area contributed by atoms with Crippen LogP contribution in [0.3, 0.4) is 0 Å². The van der Waals surface area contributed by atoms with Crippen LogP contribution in [0.2, 0.25) is 0 Å². The van der Waals surface area contributed by atoms with Crippen molar-refractivity contribution in [1.82, 2.24) is 0 Å². The van der Waals surface area contributed by atoms with Crippen LogP contribution in [-0.2, 0) is 20.3 Å². The zero-order valence-electron chi connectivity index (χ0n) is 15.2. The summed E-state index contributed by atoms with van der Waals surface area (Å²) in [5, 5.41) is 2.79. The molecule has 26 heavy (non-hydrogen) atoms. The van der Waals surface area contributed by atoms with Gasteiger partial charge >= 0.3 is 5.97 Å². The fraction of sp³-hybridized carbons (Fsp3) is 0.300. The van der Waals surface area contributed by atoms with E-state index in [1.165, 1.54) is 12.3 Å². The molecule has 0 aromatic heterocycles. The molecule has 0 saturated heterocycles. The number of hydrogen-bond donors (Lipinski definition) is 1. The Bertz CT molecular complexity index is 819. The van der Waals surface area contributed by atoms with Crippen molar-refractivity contribution in [2.24, 2.45) is 0 Å². The number of benzene rings is 2. The Balaban J connectivity index is 2.02. The van der Waals surface area contributed by atoms with Crippen molar-refractivity contribution >= 4 is 28.4 Å². The van der Waals surface area contributed by atoms with E-state index in [-0.39, 0.29) is 5.56 Å². The van der Waals surface area contributed by atoms with E-state index in [2.05, 4.69) is 19.2 Å². The second kappa shape index (κ2) is 9.29. The van der Waals surface area contributed by atoms with Crippen molar-refractivity contribution < 1.29 is 18.5 Å². The highest BCUT2D eigenvalue weighted by Gasteiger charge is 2.17. The summed E-state index contributed by atoms with van der Waals surface area (Å²) < 4.78 is 16.8. The van der Waals surface area contributed by atoms with Crippen molar-refractivity contribution in [3.8, 4) is 0 Å². The molecule has 0 bridgehead atoms. The molecule has 0 aliphatic heterocycles. The highest BCUT2D eigenvalue weighted by molar-refractivity contribution is 7.84. The number of esters is 1. The largest absolute Gasteiger partial charge is 0.452 e. The lowest BCUT2D eigenvalue weighted by atomic mass is 9.97. The van der Waals surface area contributed by atoms with Crippen molar-refractivity contribution in [2.75, 3.05) is 18.2 Å². The number of para-hydroxylation sites is 1. The van der Waals surface area contributed by atoms with Gasteiger partial charge in [0.05, 0.1) is 21.3 Å². The fourth-order valence-corrected chi connectivity index (χ4v) is 3.27. The van der Waals surface area contributed by atoms with E-state index >= 15 is 0 Å². The molecule has 0 heterocycles. The van der Waals surface area contributed by atoms with Crippen LogP contribution in [0.15, 0.2) is 53.4 Å². The van der Waals surface area contributed by atoms with Gasteiger partial charge in [0.1, 0.15) is 0 Å². The molecule has 0 saturated carbocycles. The van der Waals surface area contributed by atoms with E-state index in [0.717, 1.165) is 17.7 Å². The molecule has 1 amide bonds. The van der Waals surface area contributed by atoms with Crippen LogP contribution in [0.4, 0.5) is 5.69 Å². The molecule has 0 spiro atoms. The van der Waals surface area contributed by atoms with Crippen LogP contribution >= 0.6 is 0 Å². The van der Waals surface area contributed by atoms with E-state index in [1.807, 2.05) is 24.3 Å². The zero-order valence-corrected chi connectivity index (χ0v) is 16.0. The van der Waals surface area contributed by atoms with E-state index in [4.69, 9.17) is 4.74 Å². The predicted molar refractivity (Wildman–Crippen MR) is 103 cm³/mol. The number of ether oxygens (including phenoxy) is 1. The number of amides is 1. The van der Waals surface area contributed by atoms with E-state index < -0.39 is 29.3 Å². The second-order valence-electron chi connectivity index (χ2n) is 5.97. The third kappa shape index (κ3) is 5.02. The molecule has 1 N–H and O–H groups in total. The van der Waals surface area contributed by atoms with Crippen LogP contribution in [0.5, 0.6) is 0 Å². The SMILES string of the molecule is CC[C@H](C)c1ccccc1NC(=O)COC(=O)c1ccccc1[S@](C)=O. The van der Waals surface area contributed by atoms with Crippen LogP contribution in [0.25, 0.3) is 0 Å². The normalized spacial score (nSPS) is 12.9. The van der Waals surface area contributed by atoms with Gasteiger partial charge < -0.3 is 10.1 Å². The molecular weight excluding hydrogens is 350 g/mol. The highest BCUT2D eigenvalue weighted by atomic mass is 32.2. The van der Waals surface area contributed by atoms with Gasteiger partial charge in [-0.1, -0.05) is 44.2 Å². The van der Waals surface area contributed by atoms with Gasteiger partial charge in [-0.2, -0.15) is 0 Å². The van der Waals surface area contributed by atoms with Crippen molar-refractivity contribution in [2.45, 2.75) is 31.1 Å². The first kappa shape index (κ1) is 19.8. The summed E-state index contributed by atoms with van der Waals surface area (Å²) >= 11 is 0. The lowest BCUT2D eigenvalue weighted by Crippen LogP contribution is -2.22. The third-order valence-corrected chi connectivity index (χ3v) is 5.10. The quantitative estimate of drug-likeness (QED) is 0.751. The summed E-state index contributed by atoms with van der Waals surface area (Å²) in [6.07, 6.45) is 2.44. The highest BCUT2D eigenvalue weighted by Crippen LogP contribution is 2.26. The molecule has 0 aliphatic rings. The van der Waals surface area contributed by atoms with E-state index in [1.54, 1.807) is 18.2 Å². The Kier molecular flexibility index (Phi) is 7.09. The smallest absolute Gasteiger partial charge is 0.339 e. The molecule has 0 fully saturated rings. The molecule has 0 unspecified atom stereocenters. The van der Waals surface area contributed by atoms with Crippen LogP contribution in [-0.4, -0.2) is 28.9 Å². The van der Waals surface area contributed by atoms with E-state index in [0.29, 0.717) is 10.8 Å². The number of carbonyl (C=O) groups is 2. The minimum atomic E-state index is -1.32. The summed E-state index contributed by atoms with van der Waals surface area (Å²) in [6, 6.07) is 14.1. The maximum absolute atomic E-state index is 12.2. The average molecular weight is 373 g/mol. The molecular formula is C20H23NO4S. The summed E-state index contributed by atoms with van der Waals surface area (Å²) in [5.74, 6) is -0.772. The Hall–Kier alpha value is -2.47. The topological polar surface area (TPSA) is 72.5 Å². The Morgan fingerprint density at radius 1 is 1.12 bits per heavy atom. The lowest BCUT2D eigenvalue weighted by molar-refractivity contribution is -0.119. The number of nitrogens with one attached hydrogen (secondary N) is 1. The van der Waals surface area contributed by atoms with Gasteiger partial charge in [-0.05, 0) is 36.1 Å². The molecule has 5 nitrogen and oxygen atoms in total. The molecule has 6 heteroatoms. The Labute approximate surface area is 156 Å². The van der Waals surface area contributed by atoms with Crippen molar-refractivity contribution in [3.05, 3.63) is 59.7 Å². The molecule has 0 aliphatic carbocycles. The maximum Gasteiger partial charge on any atom is 0.339 e. The van der Waals surface area contributed by atoms with Gasteiger partial charge in [-0.3, -0.25) is 9.00 Å². The zero-order chi connectivity index (χ0) is 19.1. The van der Waals surface area contributed by atoms with Crippen molar-refractivity contribution in [3.63, 3.8) is 0 Å². The third-order valence-electron chi connectivity index (χ3n) is 4.13. The standard InChI is InChI=1S/C20H23NO4S/c1-4-14(2)15-9-5-7-11-17(15)21-19(22)13-25-20(23)16-10-6-8-12-18(16)26(3)24/h5-12,14H,4,13H2,1-3H3,(H,21,22)/t14-,26-/m0/s1. The van der Waals surface area contributed by atoms with Crippen molar-refractivity contribution in [1.29, 1.82) is 0 Å². The summed E-state index contributed by atoms with van der Waals surface area (Å²) in [5.41, 5.74) is 1.97. The number of hydrogen-bond acceptors (Lipinski definition) is 4. The van der Waals surface area contributed by atoms with Crippen LogP contribution in [0, 0.1) is 0 Å². The molecule has 0 radical (unpaired) electrons. The lowest BCUT2D eigenvalue weighted by Gasteiger charge is -2.15. The summed E-state index contributed by atoms with van der Waals surface area (Å²) in [6.45, 7) is 3.77. The molecule has 2 aromatic rings. The number of carbonyl (C=O) groups excluding carboxylic acids is 2. The van der Waals surface area contributed by atoms with Gasteiger partial charge in [0.25, 0.3) is 5.91 Å². The molecule has 2 atom stereocenters. The Morgan fingerprint density at radius 3 is 2.46 bits per heavy atom. The monoisotopic (exact) mass is 373 g/mol. The molecule has 138 valence electrons. The Morgan fingerprint density at radius 2 is 1.77 bits per heavy atom. The van der Waals surface area contributed by atoms with Crippen LogP contribution < -0.4 is 5.32 Å². The van der Waals surface area contributed by atoms with Gasteiger partial charge in [-0.25, -0.2) is 4.79 Å². The van der Waals surface area contributed by atoms with Gasteiger partial charge in [-0.15, -0.1) is 0 Å². The molecule has 2 rings (SSSR count). The maximum atomic E-state index is 12.2. The minimum absolute atomic E-state index is 0.209. The first-order chi connectivity index (χ1) is 12.4. The fourth-order valence-electron chi connectivity index (χ4n) is 2.54.